The SMILES string of the molecule is CCOC(=O)[C@H]1CCC[C@@H](N(C)C(=O)CC[C@H]2O[C@H](c3cccc(OC)c3OC)c3cc(Cl)ccc3-n3cccc32)C1. The number of nitrogens with zero attached hydrogens (tertiary/aromatic N) is 2. The van der Waals surface area contributed by atoms with Crippen molar-refractivity contribution in [2.45, 2.75) is 63.7 Å². The van der Waals surface area contributed by atoms with E-state index in [0.29, 0.717) is 42.4 Å². The normalized spacial score (nSPS) is 21.5. The Hall–Kier alpha value is -3.49. The van der Waals surface area contributed by atoms with Crippen LogP contribution in [0.15, 0.2) is 54.7 Å². The molecule has 5 rings (SSSR count). The van der Waals surface area contributed by atoms with Crippen molar-refractivity contribution in [3.8, 4) is 17.2 Å². The van der Waals surface area contributed by atoms with E-state index in [9.17, 15) is 9.59 Å². The van der Waals surface area contributed by atoms with Gasteiger partial charge in [-0.1, -0.05) is 30.2 Å². The molecular formula is C33H39ClN2O6. The number of amides is 1. The highest BCUT2D eigenvalue weighted by Gasteiger charge is 2.35. The molecule has 8 nitrogen and oxygen atoms in total. The molecule has 9 heteroatoms. The van der Waals surface area contributed by atoms with E-state index in [1.54, 1.807) is 14.2 Å². The number of carbonyl (C=O) groups excluding carboxylic acids is 2. The van der Waals surface area contributed by atoms with E-state index in [-0.39, 0.29) is 29.9 Å². The van der Waals surface area contributed by atoms with Crippen LogP contribution in [0.25, 0.3) is 5.69 Å². The molecule has 2 aromatic carbocycles. The lowest BCUT2D eigenvalue weighted by Crippen LogP contribution is -2.41. The topological polar surface area (TPSA) is 79.2 Å². The third-order valence-electron chi connectivity index (χ3n) is 8.49. The van der Waals surface area contributed by atoms with E-state index in [1.165, 1.54) is 0 Å². The van der Waals surface area contributed by atoms with Crippen LogP contribution in [-0.4, -0.2) is 55.3 Å². The number of hydrogen-bond acceptors (Lipinski definition) is 6. The smallest absolute Gasteiger partial charge is 0.308 e. The van der Waals surface area contributed by atoms with E-state index >= 15 is 0 Å². The first kappa shape index (κ1) is 30.0. The van der Waals surface area contributed by atoms with E-state index < -0.39 is 6.10 Å². The molecule has 0 spiro atoms. The van der Waals surface area contributed by atoms with Crippen LogP contribution in [0.4, 0.5) is 0 Å². The second kappa shape index (κ2) is 13.2. The van der Waals surface area contributed by atoms with Crippen molar-refractivity contribution < 1.29 is 28.5 Å². The third-order valence-corrected chi connectivity index (χ3v) is 8.72. The van der Waals surface area contributed by atoms with Crippen LogP contribution in [0.1, 0.15) is 74.5 Å². The van der Waals surface area contributed by atoms with Gasteiger partial charge in [0.25, 0.3) is 0 Å². The minimum Gasteiger partial charge on any atom is -0.493 e. The number of hydrogen-bond donors (Lipinski definition) is 0. The maximum absolute atomic E-state index is 13.5. The van der Waals surface area contributed by atoms with Gasteiger partial charge in [-0.2, -0.15) is 0 Å². The van der Waals surface area contributed by atoms with Gasteiger partial charge in [0.15, 0.2) is 11.5 Å². The van der Waals surface area contributed by atoms with Gasteiger partial charge < -0.3 is 28.4 Å². The van der Waals surface area contributed by atoms with Gasteiger partial charge >= 0.3 is 5.97 Å². The lowest BCUT2D eigenvalue weighted by atomic mass is 9.85. The monoisotopic (exact) mass is 594 g/mol. The summed E-state index contributed by atoms with van der Waals surface area (Å²) in [5.41, 5.74) is 3.61. The van der Waals surface area contributed by atoms with Crippen LogP contribution in [-0.2, 0) is 19.1 Å². The minimum atomic E-state index is -0.523. The number of rotatable bonds is 9. The first-order valence-electron chi connectivity index (χ1n) is 14.6. The highest BCUT2D eigenvalue weighted by Crippen LogP contribution is 2.46. The Morgan fingerprint density at radius 2 is 1.90 bits per heavy atom. The molecule has 0 saturated heterocycles. The maximum Gasteiger partial charge on any atom is 0.308 e. The van der Waals surface area contributed by atoms with Crippen molar-refractivity contribution in [3.05, 3.63) is 76.6 Å². The fraction of sp³-hybridized carbons (Fsp3) is 0.455. The van der Waals surface area contributed by atoms with E-state index in [1.807, 2.05) is 73.6 Å². The number of aromatic nitrogens is 1. The second-order valence-electron chi connectivity index (χ2n) is 10.9. The van der Waals surface area contributed by atoms with Gasteiger partial charge in [-0.15, -0.1) is 0 Å². The standard InChI is InChI=1S/C33H39ClN2O6/c1-5-41-33(38)21-9-6-10-23(19-21)35(2)30(37)17-16-28-27-12-8-18-36(27)26-15-14-22(34)20-25(26)31(42-28)24-11-7-13-29(39-3)32(24)40-4/h7-8,11-15,18,20-21,23,28,31H,5-6,9-10,16-17,19H2,1-4H3/t21-,23+,28+,31+/m0/s1. The van der Waals surface area contributed by atoms with Crippen molar-refractivity contribution in [2.75, 3.05) is 27.9 Å². The van der Waals surface area contributed by atoms with Gasteiger partial charge in [-0.05, 0) is 69.0 Å². The zero-order valence-electron chi connectivity index (χ0n) is 24.7. The highest BCUT2D eigenvalue weighted by molar-refractivity contribution is 6.30. The van der Waals surface area contributed by atoms with Gasteiger partial charge in [0.1, 0.15) is 6.10 Å². The zero-order valence-corrected chi connectivity index (χ0v) is 25.4. The van der Waals surface area contributed by atoms with E-state index in [2.05, 4.69) is 4.57 Å². The molecule has 0 unspecified atom stereocenters. The van der Waals surface area contributed by atoms with Gasteiger partial charge in [0.05, 0.1) is 44.2 Å². The van der Waals surface area contributed by atoms with Gasteiger partial charge in [0.2, 0.25) is 5.91 Å². The van der Waals surface area contributed by atoms with Crippen LogP contribution in [0.2, 0.25) is 5.02 Å². The van der Waals surface area contributed by atoms with Crippen LogP contribution < -0.4 is 9.47 Å². The summed E-state index contributed by atoms with van der Waals surface area (Å²) in [4.78, 5) is 27.7. The van der Waals surface area contributed by atoms with Crippen molar-refractivity contribution in [1.82, 2.24) is 9.47 Å². The van der Waals surface area contributed by atoms with Crippen molar-refractivity contribution in [1.29, 1.82) is 0 Å². The molecule has 1 saturated carbocycles. The molecule has 1 aromatic heterocycles. The summed E-state index contributed by atoms with van der Waals surface area (Å²) in [5, 5.41) is 0.599. The maximum atomic E-state index is 13.5. The number of ether oxygens (including phenoxy) is 4. The summed E-state index contributed by atoms with van der Waals surface area (Å²) in [6.07, 6.45) is 5.10. The van der Waals surface area contributed by atoms with E-state index in [0.717, 1.165) is 41.8 Å². The molecule has 0 bridgehead atoms. The number of fused-ring (bicyclic) bond motifs is 3. The molecule has 3 aromatic rings. The number of halogens is 1. The average Bonchev–Trinajstić information content (AvgIpc) is 3.45. The van der Waals surface area contributed by atoms with Crippen LogP contribution in [0.5, 0.6) is 11.5 Å². The molecular weight excluding hydrogens is 556 g/mol. The number of esters is 1. The molecule has 1 fully saturated rings. The number of carbonyl (C=O) groups is 2. The first-order chi connectivity index (χ1) is 20.4. The quantitative estimate of drug-likeness (QED) is 0.258. The molecule has 1 amide bonds. The van der Waals surface area contributed by atoms with Gasteiger partial charge in [-0.25, -0.2) is 0 Å². The predicted octanol–water partition coefficient (Wildman–Crippen LogP) is 6.67. The van der Waals surface area contributed by atoms with Gasteiger partial charge in [-0.3, -0.25) is 9.59 Å². The van der Waals surface area contributed by atoms with E-state index in [4.69, 9.17) is 30.5 Å². The zero-order chi connectivity index (χ0) is 29.8. The van der Waals surface area contributed by atoms with Crippen molar-refractivity contribution >= 4 is 23.5 Å². The van der Waals surface area contributed by atoms with Gasteiger partial charge in [0, 0.05) is 41.9 Å². The second-order valence-corrected chi connectivity index (χ2v) is 11.3. The molecule has 224 valence electrons. The minimum absolute atomic E-state index is 0.0137. The number of benzene rings is 2. The Kier molecular flexibility index (Phi) is 9.43. The summed E-state index contributed by atoms with van der Waals surface area (Å²) >= 11 is 6.51. The largest absolute Gasteiger partial charge is 0.493 e. The Morgan fingerprint density at radius 1 is 1.07 bits per heavy atom. The fourth-order valence-electron chi connectivity index (χ4n) is 6.34. The predicted molar refractivity (Wildman–Crippen MR) is 160 cm³/mol. The molecule has 42 heavy (non-hydrogen) atoms. The summed E-state index contributed by atoms with van der Waals surface area (Å²) in [7, 11) is 5.07. The first-order valence-corrected chi connectivity index (χ1v) is 15.0. The lowest BCUT2D eigenvalue weighted by molar-refractivity contribution is -0.151. The number of methoxy groups -OCH3 is 2. The average molecular weight is 595 g/mol. The molecule has 4 atom stereocenters. The molecule has 0 radical (unpaired) electrons. The van der Waals surface area contributed by atoms with Crippen molar-refractivity contribution in [3.63, 3.8) is 0 Å². The fourth-order valence-corrected chi connectivity index (χ4v) is 6.52. The summed E-state index contributed by atoms with van der Waals surface area (Å²) < 4.78 is 25.7. The summed E-state index contributed by atoms with van der Waals surface area (Å²) in [5.74, 6) is 0.913. The third kappa shape index (κ3) is 6.01. The van der Waals surface area contributed by atoms with Crippen LogP contribution in [0, 0.1) is 5.92 Å². The lowest BCUT2D eigenvalue weighted by Gasteiger charge is -2.34. The molecule has 2 heterocycles. The Labute approximate surface area is 252 Å². The highest BCUT2D eigenvalue weighted by atomic mass is 35.5. The Balaban J connectivity index is 1.41. The Bertz CT molecular complexity index is 1420. The molecule has 0 N–H and O–H groups in total. The summed E-state index contributed by atoms with van der Waals surface area (Å²) in [6.45, 7) is 2.19. The summed E-state index contributed by atoms with van der Waals surface area (Å²) in [6, 6.07) is 15.6. The molecule has 1 aliphatic carbocycles. The van der Waals surface area contributed by atoms with Crippen LogP contribution in [0.3, 0.4) is 0 Å². The van der Waals surface area contributed by atoms with Crippen molar-refractivity contribution in [2.24, 2.45) is 5.92 Å². The molecule has 2 aliphatic rings. The van der Waals surface area contributed by atoms with Crippen LogP contribution >= 0.6 is 11.6 Å². The number of para-hydroxylation sites is 1. The Morgan fingerprint density at radius 3 is 2.67 bits per heavy atom. The molecule has 1 aliphatic heterocycles.